The van der Waals surface area contributed by atoms with Gasteiger partial charge in [-0.2, -0.15) is 0 Å². The number of aldehydes is 1. The smallest absolute Gasteiger partial charge is 0.246 e. The van der Waals surface area contributed by atoms with E-state index in [9.17, 15) is 24.0 Å². The molecule has 206 valence electrons. The van der Waals surface area contributed by atoms with Gasteiger partial charge in [0.05, 0.1) is 0 Å². The number of fused-ring (bicyclic) bond motifs is 1. The summed E-state index contributed by atoms with van der Waals surface area (Å²) in [5, 5.41) is 8.72. The van der Waals surface area contributed by atoms with Crippen molar-refractivity contribution in [3.63, 3.8) is 0 Å². The van der Waals surface area contributed by atoms with Crippen LogP contribution in [0.2, 0.25) is 0 Å². The van der Waals surface area contributed by atoms with E-state index in [2.05, 4.69) is 16.0 Å². The van der Waals surface area contributed by atoms with Crippen molar-refractivity contribution in [3.05, 3.63) is 35.9 Å². The van der Waals surface area contributed by atoms with Crippen molar-refractivity contribution in [1.29, 1.82) is 0 Å². The van der Waals surface area contributed by atoms with E-state index in [1.807, 2.05) is 30.3 Å². The molecule has 0 bridgehead atoms. The number of carbonyl (C=O) groups is 5. The van der Waals surface area contributed by atoms with E-state index in [-0.39, 0.29) is 30.6 Å². The van der Waals surface area contributed by atoms with Crippen LogP contribution in [0.3, 0.4) is 0 Å². The zero-order valence-corrected chi connectivity index (χ0v) is 22.0. The average molecular weight is 525 g/mol. The van der Waals surface area contributed by atoms with Crippen LogP contribution in [0.5, 0.6) is 0 Å². The molecule has 1 aliphatic carbocycles. The van der Waals surface area contributed by atoms with Gasteiger partial charge >= 0.3 is 0 Å². The lowest BCUT2D eigenvalue weighted by atomic mass is 9.84. The first-order chi connectivity index (χ1) is 18.5. The monoisotopic (exact) mass is 524 g/mol. The molecule has 9 nitrogen and oxygen atoms in total. The highest BCUT2D eigenvalue weighted by Crippen LogP contribution is 2.28. The van der Waals surface area contributed by atoms with Crippen molar-refractivity contribution in [2.75, 3.05) is 6.54 Å². The molecule has 1 aromatic rings. The first-order valence-corrected chi connectivity index (χ1v) is 14.2. The molecule has 0 spiro atoms. The second-order valence-corrected chi connectivity index (χ2v) is 10.9. The molecule has 1 saturated carbocycles. The Balaban J connectivity index is 1.63. The number of unbranched alkanes of at least 4 members (excludes halogenated alkanes) is 1. The largest absolute Gasteiger partial charge is 0.343 e. The number of nitrogens with one attached hydrogen (secondary N) is 3. The standard InChI is InChI=1S/C29H40N4O5/c34-17-8-7-14-22-26(35)31-23(18-20-10-3-1-4-11-20)27(36)32-24(19-21-12-5-2-6-13-21)29(38)33-16-9-15-25(33)28(37)30-22/h2,5-6,12-13,17,20,22-25H,1,3-4,7-11,14-16,18-19H2,(H,30,37)(H,31,35)(H,32,36)/t22-,23+,24-,25+/m0/s1. The summed E-state index contributed by atoms with van der Waals surface area (Å²) in [6, 6.07) is 6.28. The molecule has 3 aliphatic rings. The molecule has 4 amide bonds. The first-order valence-electron chi connectivity index (χ1n) is 14.2. The Morgan fingerprint density at radius 3 is 2.21 bits per heavy atom. The van der Waals surface area contributed by atoms with Gasteiger partial charge in [-0.05, 0) is 43.6 Å². The zero-order chi connectivity index (χ0) is 26.9. The number of benzene rings is 1. The second kappa shape index (κ2) is 13.5. The van der Waals surface area contributed by atoms with Crippen LogP contribution in [0, 0.1) is 5.92 Å². The molecule has 0 aromatic heterocycles. The van der Waals surface area contributed by atoms with Crippen LogP contribution in [0.15, 0.2) is 30.3 Å². The fourth-order valence-electron chi connectivity index (χ4n) is 6.03. The van der Waals surface area contributed by atoms with E-state index in [0.29, 0.717) is 44.6 Å². The van der Waals surface area contributed by atoms with Crippen LogP contribution in [0.1, 0.15) is 76.2 Å². The molecule has 38 heavy (non-hydrogen) atoms. The van der Waals surface area contributed by atoms with Crippen LogP contribution in [0.4, 0.5) is 0 Å². The van der Waals surface area contributed by atoms with Crippen molar-refractivity contribution < 1.29 is 24.0 Å². The SMILES string of the molecule is O=CCCC[C@@H]1NC(=O)[C@H]2CCCN2C(=O)[C@H](Cc2ccccc2)NC(=O)[C@@H](CC2CCCCC2)NC1=O. The van der Waals surface area contributed by atoms with Crippen molar-refractivity contribution in [2.45, 2.75) is 101 Å². The molecule has 4 atom stereocenters. The average Bonchev–Trinajstić information content (AvgIpc) is 3.42. The van der Waals surface area contributed by atoms with E-state index >= 15 is 0 Å². The summed E-state index contributed by atoms with van der Waals surface area (Å²) in [6.07, 6.45) is 9.13. The molecular formula is C29H40N4O5. The predicted molar refractivity (Wildman–Crippen MR) is 142 cm³/mol. The maximum absolute atomic E-state index is 13.8. The molecule has 2 heterocycles. The van der Waals surface area contributed by atoms with Crippen LogP contribution in [0.25, 0.3) is 0 Å². The Morgan fingerprint density at radius 2 is 1.47 bits per heavy atom. The lowest BCUT2D eigenvalue weighted by Crippen LogP contribution is -2.61. The minimum atomic E-state index is -0.874. The molecule has 2 aliphatic heterocycles. The van der Waals surface area contributed by atoms with Gasteiger partial charge < -0.3 is 25.6 Å². The van der Waals surface area contributed by atoms with E-state index < -0.39 is 30.1 Å². The van der Waals surface area contributed by atoms with Gasteiger partial charge in [0.1, 0.15) is 30.5 Å². The molecule has 2 saturated heterocycles. The van der Waals surface area contributed by atoms with Gasteiger partial charge in [0.15, 0.2) is 0 Å². The van der Waals surface area contributed by atoms with Gasteiger partial charge in [0.2, 0.25) is 23.6 Å². The summed E-state index contributed by atoms with van der Waals surface area (Å²) in [5.41, 5.74) is 0.904. The maximum atomic E-state index is 13.8. The number of hydrogen-bond donors (Lipinski definition) is 3. The molecule has 0 unspecified atom stereocenters. The third-order valence-corrected chi connectivity index (χ3v) is 8.11. The van der Waals surface area contributed by atoms with Crippen LogP contribution in [-0.2, 0) is 30.4 Å². The van der Waals surface area contributed by atoms with Gasteiger partial charge in [0, 0.05) is 19.4 Å². The summed E-state index contributed by atoms with van der Waals surface area (Å²) in [5.74, 6) is -1.12. The van der Waals surface area contributed by atoms with E-state index in [1.54, 1.807) is 4.90 Å². The van der Waals surface area contributed by atoms with Gasteiger partial charge in [-0.3, -0.25) is 19.2 Å². The minimum Gasteiger partial charge on any atom is -0.343 e. The fraction of sp³-hybridized carbons (Fsp3) is 0.621. The molecule has 4 rings (SSSR count). The molecule has 3 fully saturated rings. The van der Waals surface area contributed by atoms with Gasteiger partial charge in [0.25, 0.3) is 0 Å². The van der Waals surface area contributed by atoms with Crippen molar-refractivity contribution in [2.24, 2.45) is 5.92 Å². The first kappa shape index (κ1) is 27.8. The quantitative estimate of drug-likeness (QED) is 0.355. The van der Waals surface area contributed by atoms with Crippen LogP contribution >= 0.6 is 0 Å². The Bertz CT molecular complexity index is 994. The minimum absolute atomic E-state index is 0.277. The lowest BCUT2D eigenvalue weighted by molar-refractivity contribution is -0.143. The number of amides is 4. The Morgan fingerprint density at radius 1 is 0.789 bits per heavy atom. The van der Waals surface area contributed by atoms with Crippen molar-refractivity contribution in [1.82, 2.24) is 20.9 Å². The Kier molecular flexibility index (Phi) is 9.90. The second-order valence-electron chi connectivity index (χ2n) is 10.9. The highest BCUT2D eigenvalue weighted by atomic mass is 16.2. The van der Waals surface area contributed by atoms with E-state index in [4.69, 9.17) is 0 Å². The summed E-state index contributed by atoms with van der Waals surface area (Å²) >= 11 is 0. The Labute approximate surface area is 224 Å². The van der Waals surface area contributed by atoms with Crippen molar-refractivity contribution >= 4 is 29.9 Å². The van der Waals surface area contributed by atoms with Crippen LogP contribution in [-0.4, -0.2) is 65.5 Å². The van der Waals surface area contributed by atoms with E-state index in [1.165, 1.54) is 6.42 Å². The topological polar surface area (TPSA) is 125 Å². The summed E-state index contributed by atoms with van der Waals surface area (Å²) in [7, 11) is 0. The lowest BCUT2D eigenvalue weighted by Gasteiger charge is -2.33. The number of hydrogen-bond acceptors (Lipinski definition) is 5. The third kappa shape index (κ3) is 7.20. The molecular weight excluding hydrogens is 484 g/mol. The van der Waals surface area contributed by atoms with Gasteiger partial charge in [-0.15, -0.1) is 0 Å². The highest BCUT2D eigenvalue weighted by Gasteiger charge is 2.41. The summed E-state index contributed by atoms with van der Waals surface area (Å²) < 4.78 is 0. The van der Waals surface area contributed by atoms with Crippen molar-refractivity contribution in [3.8, 4) is 0 Å². The molecule has 9 heteroatoms. The summed E-state index contributed by atoms with van der Waals surface area (Å²) in [4.78, 5) is 66.7. The maximum Gasteiger partial charge on any atom is 0.246 e. The highest BCUT2D eigenvalue weighted by molar-refractivity contribution is 5.97. The molecule has 0 radical (unpaired) electrons. The normalized spacial score (nSPS) is 27.4. The number of nitrogens with zero attached hydrogens (tertiary/aromatic N) is 1. The van der Waals surface area contributed by atoms with Crippen LogP contribution < -0.4 is 16.0 Å². The van der Waals surface area contributed by atoms with E-state index in [0.717, 1.165) is 37.5 Å². The molecule has 1 aromatic carbocycles. The number of carbonyl (C=O) groups excluding carboxylic acids is 5. The van der Waals surface area contributed by atoms with Gasteiger partial charge in [-0.1, -0.05) is 62.4 Å². The number of rotatable bonds is 8. The molecule has 3 N–H and O–H groups in total. The third-order valence-electron chi connectivity index (χ3n) is 8.11. The predicted octanol–water partition coefficient (Wildman–Crippen LogP) is 2.03. The van der Waals surface area contributed by atoms with Gasteiger partial charge in [-0.25, -0.2) is 0 Å². The Hall–Kier alpha value is -3.23. The summed E-state index contributed by atoms with van der Waals surface area (Å²) in [6.45, 7) is 0.422. The fourth-order valence-corrected chi connectivity index (χ4v) is 6.03. The zero-order valence-electron chi connectivity index (χ0n) is 22.0.